The first kappa shape index (κ1) is 55.6. The third kappa shape index (κ3) is 40.3. The molecule has 0 aromatic carbocycles. The summed E-state index contributed by atoms with van der Waals surface area (Å²) in [5.74, 6) is -0.562. The normalized spacial score (nSPS) is 13.8. The molecule has 0 bridgehead atoms. The summed E-state index contributed by atoms with van der Waals surface area (Å²) in [5.41, 5.74) is 0. The molecule has 0 radical (unpaired) electrons. The van der Waals surface area contributed by atoms with Gasteiger partial charge < -0.3 is 20.3 Å². The monoisotopic (exact) mass is 812 g/mol. The lowest BCUT2D eigenvalue weighted by molar-refractivity contribution is -0.151. The summed E-state index contributed by atoms with van der Waals surface area (Å²) in [6.45, 7) is 6.36. The fraction of sp³-hybridized carbons (Fsp3) is 0.769. The number of hydrogen-bond acceptors (Lipinski definition) is 5. The average Bonchev–Trinajstić information content (AvgIpc) is 3.22. The molecule has 0 aliphatic heterocycles. The van der Waals surface area contributed by atoms with E-state index in [2.05, 4.69) is 86.8 Å². The first-order valence-corrected chi connectivity index (χ1v) is 24.5. The summed E-state index contributed by atoms with van der Waals surface area (Å²) in [6.07, 6.45) is 55.8. The zero-order chi connectivity index (χ0) is 42.4. The van der Waals surface area contributed by atoms with Crippen LogP contribution in [0.3, 0.4) is 0 Å². The Bertz CT molecular complexity index is 1050. The second-order valence-corrected chi connectivity index (χ2v) is 16.5. The number of ether oxygens (including phenoxy) is 1. The number of nitrogens with one attached hydrogen (secondary N) is 1. The van der Waals surface area contributed by atoms with E-state index in [1.807, 2.05) is 0 Å². The summed E-state index contributed by atoms with van der Waals surface area (Å²) in [7, 11) is 0. The molecule has 0 fully saturated rings. The molecule has 58 heavy (non-hydrogen) atoms. The first-order chi connectivity index (χ1) is 28.5. The Balaban J connectivity index is 4.54. The van der Waals surface area contributed by atoms with Gasteiger partial charge in [0, 0.05) is 6.42 Å². The predicted molar refractivity (Wildman–Crippen MR) is 250 cm³/mol. The lowest BCUT2D eigenvalue weighted by Gasteiger charge is -2.24. The summed E-state index contributed by atoms with van der Waals surface area (Å²) >= 11 is 0. The van der Waals surface area contributed by atoms with Gasteiger partial charge in [-0.25, -0.2) is 0 Å². The second-order valence-electron chi connectivity index (χ2n) is 16.5. The van der Waals surface area contributed by atoms with Gasteiger partial charge in [0.1, 0.15) is 6.10 Å². The number of hydrogen-bond donors (Lipinski definition) is 3. The molecule has 0 saturated carbocycles. The lowest BCUT2D eigenvalue weighted by Crippen LogP contribution is -2.46. The minimum atomic E-state index is -0.800. The molecule has 6 heteroatoms. The molecule has 0 aliphatic carbocycles. The lowest BCUT2D eigenvalue weighted by atomic mass is 10.0. The number of carbonyl (C=O) groups is 2. The highest BCUT2D eigenvalue weighted by Crippen LogP contribution is 2.17. The van der Waals surface area contributed by atoms with Crippen LogP contribution in [0.1, 0.15) is 233 Å². The van der Waals surface area contributed by atoms with Crippen LogP contribution in [0.5, 0.6) is 0 Å². The number of esters is 1. The molecule has 336 valence electrons. The predicted octanol–water partition coefficient (Wildman–Crippen LogP) is 14.5. The Morgan fingerprint density at radius 3 is 1.45 bits per heavy atom. The number of carbonyl (C=O) groups excluding carboxylic acids is 2. The van der Waals surface area contributed by atoms with Crippen LogP contribution in [0.15, 0.2) is 60.8 Å². The Morgan fingerprint density at radius 2 is 0.914 bits per heavy atom. The minimum Gasteiger partial charge on any atom is -0.462 e. The maximum Gasteiger partial charge on any atom is 0.306 e. The van der Waals surface area contributed by atoms with Gasteiger partial charge in [0.15, 0.2) is 0 Å². The Kier molecular flexibility index (Phi) is 43.7. The van der Waals surface area contributed by atoms with E-state index in [4.69, 9.17) is 4.74 Å². The number of allylic oxidation sites excluding steroid dienone is 10. The number of rotatable bonds is 43. The van der Waals surface area contributed by atoms with Crippen LogP contribution >= 0.6 is 0 Å². The van der Waals surface area contributed by atoms with E-state index >= 15 is 0 Å². The van der Waals surface area contributed by atoms with Crippen molar-refractivity contribution in [3.63, 3.8) is 0 Å². The molecule has 0 spiro atoms. The first-order valence-electron chi connectivity index (χ1n) is 24.5. The Labute approximate surface area is 358 Å². The molecule has 3 unspecified atom stereocenters. The van der Waals surface area contributed by atoms with Gasteiger partial charge in [0.05, 0.1) is 25.2 Å². The second kappa shape index (κ2) is 45.6. The van der Waals surface area contributed by atoms with Gasteiger partial charge in [-0.3, -0.25) is 9.59 Å². The van der Waals surface area contributed by atoms with Crippen molar-refractivity contribution >= 4 is 11.9 Å². The molecule has 3 N–H and O–H groups in total. The molecule has 0 saturated heterocycles. The molecular formula is C52H93NO5. The molecule has 0 aromatic heterocycles. The summed E-state index contributed by atoms with van der Waals surface area (Å²) in [5, 5.41) is 23.7. The quantitative estimate of drug-likeness (QED) is 0.0324. The summed E-state index contributed by atoms with van der Waals surface area (Å²) < 4.78 is 5.86. The van der Waals surface area contributed by atoms with Gasteiger partial charge in [0.25, 0.3) is 0 Å². The third-order valence-corrected chi connectivity index (χ3v) is 10.8. The van der Waals surface area contributed by atoms with Crippen molar-refractivity contribution in [2.75, 3.05) is 6.61 Å². The van der Waals surface area contributed by atoms with Crippen molar-refractivity contribution in [2.45, 2.75) is 251 Å². The van der Waals surface area contributed by atoms with E-state index < -0.39 is 18.2 Å². The van der Waals surface area contributed by atoms with Gasteiger partial charge in [-0.1, -0.05) is 197 Å². The minimum absolute atomic E-state index is 0.0430. The molecule has 6 nitrogen and oxygen atoms in total. The molecule has 0 rings (SSSR count). The number of amides is 1. The smallest absolute Gasteiger partial charge is 0.306 e. The van der Waals surface area contributed by atoms with E-state index in [0.717, 1.165) is 83.5 Å². The van der Waals surface area contributed by atoms with Crippen molar-refractivity contribution in [1.82, 2.24) is 5.32 Å². The fourth-order valence-electron chi connectivity index (χ4n) is 7.07. The Hall–Kier alpha value is -2.44. The topological polar surface area (TPSA) is 95.9 Å². The van der Waals surface area contributed by atoms with E-state index in [9.17, 15) is 19.8 Å². The van der Waals surface area contributed by atoms with Crippen LogP contribution in [0, 0.1) is 0 Å². The van der Waals surface area contributed by atoms with Crippen LogP contribution in [-0.4, -0.2) is 46.9 Å². The molecule has 0 aromatic rings. The van der Waals surface area contributed by atoms with Crippen molar-refractivity contribution in [1.29, 1.82) is 0 Å². The average molecular weight is 812 g/mol. The van der Waals surface area contributed by atoms with Gasteiger partial charge in [-0.15, -0.1) is 0 Å². The van der Waals surface area contributed by atoms with Gasteiger partial charge in [0.2, 0.25) is 5.91 Å². The summed E-state index contributed by atoms with van der Waals surface area (Å²) in [6, 6.07) is -0.717. The summed E-state index contributed by atoms with van der Waals surface area (Å²) in [4.78, 5) is 26.0. The van der Waals surface area contributed by atoms with Crippen molar-refractivity contribution < 1.29 is 24.5 Å². The van der Waals surface area contributed by atoms with Crippen molar-refractivity contribution in [3.8, 4) is 0 Å². The highest BCUT2D eigenvalue weighted by molar-refractivity contribution is 5.77. The number of aliphatic hydroxyl groups is 2. The van der Waals surface area contributed by atoms with Crippen molar-refractivity contribution in [2.24, 2.45) is 0 Å². The van der Waals surface area contributed by atoms with Crippen LogP contribution in [0.25, 0.3) is 0 Å². The number of aliphatic hydroxyl groups excluding tert-OH is 2. The molecule has 1 amide bonds. The maximum atomic E-state index is 13.1. The zero-order valence-electron chi connectivity index (χ0n) is 38.2. The van der Waals surface area contributed by atoms with Crippen LogP contribution in [0.2, 0.25) is 0 Å². The standard InChI is InChI=1S/C52H93NO5/c1-4-7-10-13-16-19-21-23-25-26-27-29-31-33-36-39-42-45-52(57)58-48(43-40-37-34-18-15-12-9-6-3)46-51(56)53-49(47-54)50(55)44-41-38-35-32-30-28-24-22-20-17-14-11-8-5-2/h12,15-16,19,23,25,27,29,33,36,48-50,54-55H,4-11,13-14,17-18,20-22,24,26,28,30-32,34-35,37-47H2,1-3H3,(H,53,56)/b15-12-,19-16-,25-23-,29-27-,36-33-. The van der Waals surface area contributed by atoms with Gasteiger partial charge >= 0.3 is 5.97 Å². The van der Waals surface area contributed by atoms with Gasteiger partial charge in [-0.2, -0.15) is 0 Å². The molecule has 3 atom stereocenters. The van der Waals surface area contributed by atoms with Crippen molar-refractivity contribution in [3.05, 3.63) is 60.8 Å². The Morgan fingerprint density at radius 1 is 0.500 bits per heavy atom. The zero-order valence-corrected chi connectivity index (χ0v) is 38.2. The van der Waals surface area contributed by atoms with Crippen LogP contribution in [0.4, 0.5) is 0 Å². The van der Waals surface area contributed by atoms with E-state index in [1.54, 1.807) is 0 Å². The molecular weight excluding hydrogens is 719 g/mol. The third-order valence-electron chi connectivity index (χ3n) is 10.8. The van der Waals surface area contributed by atoms with Crippen LogP contribution in [-0.2, 0) is 14.3 Å². The van der Waals surface area contributed by atoms with Crippen LogP contribution < -0.4 is 5.32 Å². The highest BCUT2D eigenvalue weighted by Gasteiger charge is 2.24. The van der Waals surface area contributed by atoms with E-state index in [1.165, 1.54) is 96.3 Å². The fourth-order valence-corrected chi connectivity index (χ4v) is 7.07. The largest absolute Gasteiger partial charge is 0.462 e. The molecule has 0 heterocycles. The molecule has 0 aliphatic rings. The van der Waals surface area contributed by atoms with E-state index in [0.29, 0.717) is 25.7 Å². The van der Waals surface area contributed by atoms with E-state index in [-0.39, 0.29) is 24.9 Å². The SMILES string of the molecule is CCC/C=C\CCCCCC(CC(=O)NC(CO)C(O)CCCCCCCCCCCCCCCC)OC(=O)CCC/C=C\C/C=C\C/C=C\C/C=C\CCCCC. The number of unbranched alkanes of at least 4 members (excludes halogenated alkanes) is 21. The maximum absolute atomic E-state index is 13.1. The highest BCUT2D eigenvalue weighted by atomic mass is 16.5. The van der Waals surface area contributed by atoms with Gasteiger partial charge in [-0.05, 0) is 83.5 Å².